The largest absolute Gasteiger partial charge is 0.497 e. The Labute approximate surface area is 133 Å². The Morgan fingerprint density at radius 1 is 1.05 bits per heavy atom. The van der Waals surface area contributed by atoms with Crippen LogP contribution in [0.5, 0.6) is 5.75 Å². The normalized spacial score (nSPS) is 10.6. The number of rotatable bonds is 5. The molecule has 0 unspecified atom stereocenters. The van der Waals surface area contributed by atoms with E-state index in [1.807, 2.05) is 43.4 Å². The van der Waals surface area contributed by atoms with E-state index in [0.717, 1.165) is 33.4 Å². The van der Waals surface area contributed by atoms with Crippen LogP contribution < -0.4 is 10.1 Å². The second-order valence-electron chi connectivity index (χ2n) is 4.76. The summed E-state index contributed by atoms with van der Waals surface area (Å²) in [5.74, 6) is 2.56. The highest BCUT2D eigenvalue weighted by atomic mass is 32.2. The molecule has 0 aliphatic heterocycles. The lowest BCUT2D eigenvalue weighted by Gasteiger charge is -2.08. The number of nitrogens with zero attached hydrogens (tertiary/aromatic N) is 2. The molecule has 3 aromatic rings. The number of benzene rings is 2. The quantitative estimate of drug-likeness (QED) is 0.570. The Morgan fingerprint density at radius 3 is 2.55 bits per heavy atom. The zero-order valence-electron chi connectivity index (χ0n) is 12.5. The molecule has 1 heterocycles. The van der Waals surface area contributed by atoms with Gasteiger partial charge in [-0.25, -0.2) is 9.97 Å². The first kappa shape index (κ1) is 14.7. The molecule has 3 rings (SSSR count). The molecule has 0 atom stereocenters. The Hall–Kier alpha value is -2.27. The van der Waals surface area contributed by atoms with Crippen molar-refractivity contribution in [3.63, 3.8) is 0 Å². The van der Waals surface area contributed by atoms with Gasteiger partial charge in [0, 0.05) is 18.2 Å². The Morgan fingerprint density at radius 2 is 1.82 bits per heavy atom. The molecule has 0 aliphatic carbocycles. The molecule has 0 saturated heterocycles. The zero-order chi connectivity index (χ0) is 15.4. The predicted octanol–water partition coefficient (Wildman–Crippen LogP) is 3.97. The summed E-state index contributed by atoms with van der Waals surface area (Å²) in [5, 5.41) is 4.96. The van der Waals surface area contributed by atoms with Gasteiger partial charge < -0.3 is 10.1 Å². The van der Waals surface area contributed by atoms with Crippen LogP contribution in [0, 0.1) is 0 Å². The Bertz CT molecular complexity index is 774. The topological polar surface area (TPSA) is 47.0 Å². The highest BCUT2D eigenvalue weighted by Crippen LogP contribution is 2.26. The number of aromatic nitrogens is 2. The summed E-state index contributed by atoms with van der Waals surface area (Å²) >= 11 is 1.63. The maximum atomic E-state index is 5.17. The van der Waals surface area contributed by atoms with Gasteiger partial charge in [-0.1, -0.05) is 36.0 Å². The van der Waals surface area contributed by atoms with E-state index in [1.54, 1.807) is 18.9 Å². The molecule has 112 valence electrons. The summed E-state index contributed by atoms with van der Waals surface area (Å²) in [6, 6.07) is 16.1. The molecule has 0 aliphatic rings. The van der Waals surface area contributed by atoms with E-state index in [1.165, 1.54) is 5.56 Å². The van der Waals surface area contributed by atoms with Gasteiger partial charge in [0.05, 0.1) is 12.6 Å². The zero-order valence-corrected chi connectivity index (χ0v) is 13.4. The smallest absolute Gasteiger partial charge is 0.190 e. The van der Waals surface area contributed by atoms with Crippen molar-refractivity contribution in [3.8, 4) is 5.75 Å². The highest BCUT2D eigenvalue weighted by molar-refractivity contribution is 7.98. The average Bonchev–Trinajstić information content (AvgIpc) is 2.59. The van der Waals surface area contributed by atoms with Gasteiger partial charge in [0.1, 0.15) is 11.6 Å². The molecular formula is C17H17N3OS. The lowest BCUT2D eigenvalue weighted by atomic mass is 10.2. The van der Waals surface area contributed by atoms with Crippen LogP contribution in [-0.2, 0) is 5.75 Å². The summed E-state index contributed by atoms with van der Waals surface area (Å²) in [4.78, 5) is 9.20. The fourth-order valence-electron chi connectivity index (χ4n) is 2.18. The molecule has 1 aromatic heterocycles. The number of ether oxygens (including phenoxy) is 1. The van der Waals surface area contributed by atoms with Crippen LogP contribution >= 0.6 is 11.8 Å². The van der Waals surface area contributed by atoms with Crippen molar-refractivity contribution in [1.82, 2.24) is 9.97 Å². The van der Waals surface area contributed by atoms with Gasteiger partial charge in [-0.05, 0) is 29.8 Å². The van der Waals surface area contributed by atoms with Crippen LogP contribution in [0.3, 0.4) is 0 Å². The fraction of sp³-hybridized carbons (Fsp3) is 0.176. The summed E-state index contributed by atoms with van der Waals surface area (Å²) in [6.45, 7) is 0. The Balaban J connectivity index is 1.81. The number of hydrogen-bond donors (Lipinski definition) is 1. The van der Waals surface area contributed by atoms with Crippen LogP contribution in [-0.4, -0.2) is 24.1 Å². The van der Waals surface area contributed by atoms with E-state index in [-0.39, 0.29) is 0 Å². The monoisotopic (exact) mass is 311 g/mol. The first-order valence-electron chi connectivity index (χ1n) is 7.00. The standard InChI is InChI=1S/C17H17N3OS/c1-18-16-14-5-3-4-6-15(14)19-17(20-16)22-11-12-7-9-13(21-2)10-8-12/h3-10H,11H2,1-2H3,(H,18,19,20). The SMILES string of the molecule is CNc1nc(SCc2ccc(OC)cc2)nc2ccccc12. The van der Waals surface area contributed by atoms with Crippen molar-refractivity contribution < 1.29 is 4.74 Å². The maximum absolute atomic E-state index is 5.17. The van der Waals surface area contributed by atoms with Crippen LogP contribution in [0.1, 0.15) is 5.56 Å². The number of thioether (sulfide) groups is 1. The van der Waals surface area contributed by atoms with Crippen molar-refractivity contribution in [1.29, 1.82) is 0 Å². The summed E-state index contributed by atoms with van der Waals surface area (Å²) in [6.07, 6.45) is 0. The van der Waals surface area contributed by atoms with Crippen LogP contribution in [0.25, 0.3) is 10.9 Å². The van der Waals surface area contributed by atoms with Crippen molar-refractivity contribution in [3.05, 3.63) is 54.1 Å². The third-order valence-electron chi connectivity index (χ3n) is 3.35. The van der Waals surface area contributed by atoms with E-state index < -0.39 is 0 Å². The van der Waals surface area contributed by atoms with E-state index in [4.69, 9.17) is 4.74 Å². The Kier molecular flexibility index (Phi) is 4.44. The number of fused-ring (bicyclic) bond motifs is 1. The number of anilines is 1. The molecule has 0 spiro atoms. The third-order valence-corrected chi connectivity index (χ3v) is 4.26. The second kappa shape index (κ2) is 6.66. The van der Waals surface area contributed by atoms with Crippen LogP contribution in [0.4, 0.5) is 5.82 Å². The number of nitrogens with one attached hydrogen (secondary N) is 1. The first-order valence-corrected chi connectivity index (χ1v) is 7.99. The summed E-state index contributed by atoms with van der Waals surface area (Å²) < 4.78 is 5.17. The van der Waals surface area contributed by atoms with Crippen molar-refractivity contribution in [2.24, 2.45) is 0 Å². The van der Waals surface area contributed by atoms with E-state index in [2.05, 4.69) is 27.4 Å². The molecule has 0 fully saturated rings. The molecule has 22 heavy (non-hydrogen) atoms. The van der Waals surface area contributed by atoms with Gasteiger partial charge in [0.25, 0.3) is 0 Å². The van der Waals surface area contributed by atoms with Crippen LogP contribution in [0.15, 0.2) is 53.7 Å². The summed E-state index contributed by atoms with van der Waals surface area (Å²) in [7, 11) is 3.55. The summed E-state index contributed by atoms with van der Waals surface area (Å²) in [5.41, 5.74) is 2.17. The van der Waals surface area contributed by atoms with Crippen LogP contribution in [0.2, 0.25) is 0 Å². The lowest BCUT2D eigenvalue weighted by molar-refractivity contribution is 0.414. The molecule has 0 saturated carbocycles. The molecule has 4 nitrogen and oxygen atoms in total. The van der Waals surface area contributed by atoms with Gasteiger partial charge >= 0.3 is 0 Å². The van der Waals surface area contributed by atoms with Crippen molar-refractivity contribution in [2.45, 2.75) is 10.9 Å². The van der Waals surface area contributed by atoms with E-state index >= 15 is 0 Å². The lowest BCUT2D eigenvalue weighted by Crippen LogP contribution is -1.98. The molecular weight excluding hydrogens is 294 g/mol. The number of methoxy groups -OCH3 is 1. The van der Waals surface area contributed by atoms with Gasteiger partial charge in [-0.2, -0.15) is 0 Å². The minimum atomic E-state index is 0.777. The highest BCUT2D eigenvalue weighted by Gasteiger charge is 2.07. The van der Waals surface area contributed by atoms with Crippen molar-refractivity contribution >= 4 is 28.5 Å². The molecule has 0 bridgehead atoms. The predicted molar refractivity (Wildman–Crippen MR) is 91.6 cm³/mol. The van der Waals surface area contributed by atoms with E-state index in [0.29, 0.717) is 0 Å². The molecule has 0 amide bonds. The molecule has 2 aromatic carbocycles. The first-order chi connectivity index (χ1) is 10.8. The van der Waals surface area contributed by atoms with Gasteiger partial charge in [0.15, 0.2) is 5.16 Å². The van der Waals surface area contributed by atoms with Gasteiger partial charge in [-0.15, -0.1) is 0 Å². The average molecular weight is 311 g/mol. The maximum Gasteiger partial charge on any atom is 0.190 e. The van der Waals surface area contributed by atoms with Crippen molar-refractivity contribution in [2.75, 3.05) is 19.5 Å². The molecule has 0 radical (unpaired) electrons. The third kappa shape index (κ3) is 3.14. The molecule has 5 heteroatoms. The minimum absolute atomic E-state index is 0.777. The van der Waals surface area contributed by atoms with E-state index in [9.17, 15) is 0 Å². The number of para-hydroxylation sites is 1. The number of hydrogen-bond acceptors (Lipinski definition) is 5. The molecule has 1 N–H and O–H groups in total. The minimum Gasteiger partial charge on any atom is -0.497 e. The second-order valence-corrected chi connectivity index (χ2v) is 5.70. The van der Waals surface area contributed by atoms with Gasteiger partial charge in [0.2, 0.25) is 0 Å². The fourth-order valence-corrected chi connectivity index (χ4v) is 2.99. The van der Waals surface area contributed by atoms with Gasteiger partial charge in [-0.3, -0.25) is 0 Å².